The number of rotatable bonds is 4. The molecule has 2 N–H and O–H groups in total. The van der Waals surface area contributed by atoms with Crippen LogP contribution in [0.4, 0.5) is 4.39 Å². The summed E-state index contributed by atoms with van der Waals surface area (Å²) in [6.45, 7) is -0.620. The minimum Gasteiger partial charge on any atom is -0.507 e. The Morgan fingerprint density at radius 2 is 2.12 bits per heavy atom. The maximum Gasteiger partial charge on any atom is 0.341 e. The van der Waals surface area contributed by atoms with Gasteiger partial charge >= 0.3 is 5.97 Å². The number of nitrogens with one attached hydrogen (secondary N) is 1. The molecule has 0 fully saturated rings. The van der Waals surface area contributed by atoms with Crippen LogP contribution in [0.1, 0.15) is 16.2 Å². The predicted molar refractivity (Wildman–Crippen MR) is 92.9 cm³/mol. The Bertz CT molecular complexity index is 1040. The lowest BCUT2D eigenvalue weighted by Crippen LogP contribution is -2.11. The van der Waals surface area contributed by atoms with Gasteiger partial charge in [0.15, 0.2) is 11.6 Å². The summed E-state index contributed by atoms with van der Waals surface area (Å²) in [6.07, 6.45) is 0. The van der Waals surface area contributed by atoms with Crippen molar-refractivity contribution in [3.63, 3.8) is 0 Å². The summed E-state index contributed by atoms with van der Waals surface area (Å²) in [5, 5.41) is 19.6. The summed E-state index contributed by atoms with van der Waals surface area (Å²) >= 11 is 5.73. The normalized spacial score (nSPS) is 11.7. The first kappa shape index (κ1) is 17.5. The summed E-state index contributed by atoms with van der Waals surface area (Å²) in [4.78, 5) is 19.0. The quantitative estimate of drug-likeness (QED) is 0.410. The molecule has 130 valence electrons. The molecule has 6 nitrogen and oxygen atoms in total. The maximum atomic E-state index is 13.7. The van der Waals surface area contributed by atoms with E-state index in [4.69, 9.17) is 16.3 Å². The number of aromatic amines is 1. The van der Waals surface area contributed by atoms with E-state index in [9.17, 15) is 19.6 Å². The Labute approximate surface area is 152 Å². The van der Waals surface area contributed by atoms with Gasteiger partial charge in [-0.25, -0.2) is 14.2 Å². The second-order valence-corrected chi connectivity index (χ2v) is 5.67. The number of H-pyrrole nitrogens is 1. The number of ether oxygens (including phenoxy) is 1. The Hall–Kier alpha value is -3.37. The van der Waals surface area contributed by atoms with Crippen LogP contribution in [0, 0.1) is 17.1 Å². The van der Waals surface area contributed by atoms with Gasteiger partial charge in [-0.15, -0.1) is 0 Å². The van der Waals surface area contributed by atoms with E-state index in [1.54, 1.807) is 24.3 Å². The highest BCUT2D eigenvalue weighted by Gasteiger charge is 2.17. The molecule has 0 aliphatic carbocycles. The van der Waals surface area contributed by atoms with Crippen LogP contribution in [0.15, 0.2) is 48.2 Å². The van der Waals surface area contributed by atoms with Crippen LogP contribution >= 0.6 is 11.6 Å². The lowest BCUT2D eigenvalue weighted by molar-refractivity contribution is 0.0497. The fourth-order valence-electron chi connectivity index (χ4n) is 2.26. The molecule has 0 saturated carbocycles. The first-order chi connectivity index (χ1) is 12.5. The number of hydrogen-bond donors (Lipinski definition) is 2. The Kier molecular flexibility index (Phi) is 4.87. The number of carbonyl (C=O) groups is 1. The van der Waals surface area contributed by atoms with E-state index < -0.39 is 24.2 Å². The van der Waals surface area contributed by atoms with Crippen molar-refractivity contribution in [2.75, 3.05) is 6.61 Å². The third-order valence-electron chi connectivity index (χ3n) is 3.51. The molecule has 3 aromatic rings. The lowest BCUT2D eigenvalue weighted by atomic mass is 10.2. The molecule has 2 aromatic carbocycles. The van der Waals surface area contributed by atoms with E-state index in [1.807, 2.05) is 6.07 Å². The van der Waals surface area contributed by atoms with Crippen LogP contribution in [0.5, 0.6) is 0 Å². The van der Waals surface area contributed by atoms with Crippen LogP contribution in [0.2, 0.25) is 5.02 Å². The fourth-order valence-corrected chi connectivity index (χ4v) is 2.44. The molecule has 1 heterocycles. The molecule has 0 saturated heterocycles. The van der Waals surface area contributed by atoms with Gasteiger partial charge in [0.1, 0.15) is 24.1 Å². The Morgan fingerprint density at radius 1 is 1.35 bits per heavy atom. The molecule has 0 unspecified atom stereocenters. The van der Waals surface area contributed by atoms with Gasteiger partial charge in [0.25, 0.3) is 0 Å². The van der Waals surface area contributed by atoms with Crippen molar-refractivity contribution in [1.82, 2.24) is 9.97 Å². The number of nitrogens with zero attached hydrogens (tertiary/aromatic N) is 2. The number of fused-ring (bicyclic) bond motifs is 1. The van der Waals surface area contributed by atoms with E-state index in [-0.39, 0.29) is 22.0 Å². The SMILES string of the molecule is N#C/C(=C(/O)COC(=O)c1cc(Cl)ccc1F)c1nc2ccccc2[nH]1. The summed E-state index contributed by atoms with van der Waals surface area (Å²) in [6, 6.07) is 12.3. The van der Waals surface area contributed by atoms with Crippen LogP contribution in [-0.2, 0) is 4.74 Å². The maximum absolute atomic E-state index is 13.7. The first-order valence-electron chi connectivity index (χ1n) is 7.39. The standard InChI is InChI=1S/C18H11ClFN3O3/c19-10-5-6-13(20)11(7-10)18(25)26-9-16(24)12(8-21)17-22-14-3-1-2-4-15(14)23-17/h1-7,24H,9H2,(H,22,23)/b16-12-. The molecule has 8 heteroatoms. The molecule has 26 heavy (non-hydrogen) atoms. The Balaban J connectivity index is 1.82. The molecule has 0 atom stereocenters. The zero-order valence-electron chi connectivity index (χ0n) is 13.2. The number of aromatic nitrogens is 2. The second-order valence-electron chi connectivity index (χ2n) is 5.24. The lowest BCUT2D eigenvalue weighted by Gasteiger charge is -2.06. The highest BCUT2D eigenvalue weighted by atomic mass is 35.5. The number of hydrogen-bond acceptors (Lipinski definition) is 5. The average molecular weight is 372 g/mol. The number of esters is 1. The van der Waals surface area contributed by atoms with Crippen LogP contribution < -0.4 is 0 Å². The molecule has 0 radical (unpaired) electrons. The van der Waals surface area contributed by atoms with Crippen molar-refractivity contribution in [3.8, 4) is 6.07 Å². The van der Waals surface area contributed by atoms with Gasteiger partial charge in [0.05, 0.1) is 16.6 Å². The summed E-state index contributed by atoms with van der Waals surface area (Å²) in [5.74, 6) is -2.20. The van der Waals surface area contributed by atoms with Crippen LogP contribution in [-0.4, -0.2) is 27.7 Å². The summed E-state index contributed by atoms with van der Waals surface area (Å²) < 4.78 is 18.5. The van der Waals surface area contributed by atoms with Gasteiger partial charge in [-0.3, -0.25) is 0 Å². The molecular formula is C18H11ClFN3O3. The monoisotopic (exact) mass is 371 g/mol. The van der Waals surface area contributed by atoms with Crippen molar-refractivity contribution in [2.45, 2.75) is 0 Å². The molecule has 0 amide bonds. The third kappa shape index (κ3) is 3.50. The average Bonchev–Trinajstić information content (AvgIpc) is 3.06. The topological polar surface area (TPSA) is 99.0 Å². The van der Waals surface area contributed by atoms with Crippen molar-refractivity contribution >= 4 is 34.2 Å². The number of carbonyl (C=O) groups excluding carboxylic acids is 1. The fraction of sp³-hybridized carbons (Fsp3) is 0.0556. The zero-order valence-corrected chi connectivity index (χ0v) is 13.9. The first-order valence-corrected chi connectivity index (χ1v) is 7.77. The van der Waals surface area contributed by atoms with Gasteiger partial charge in [0, 0.05) is 5.02 Å². The zero-order chi connectivity index (χ0) is 18.7. The number of aliphatic hydroxyl groups is 1. The number of allylic oxidation sites excluding steroid dienone is 1. The molecule has 1 aromatic heterocycles. The van der Waals surface area contributed by atoms with Crippen molar-refractivity contribution < 1.29 is 19.0 Å². The molecular weight excluding hydrogens is 361 g/mol. The Morgan fingerprint density at radius 3 is 2.85 bits per heavy atom. The highest BCUT2D eigenvalue weighted by Crippen LogP contribution is 2.20. The summed E-state index contributed by atoms with van der Waals surface area (Å²) in [5.41, 5.74) is 0.746. The molecule has 0 bridgehead atoms. The highest BCUT2D eigenvalue weighted by molar-refractivity contribution is 6.30. The van der Waals surface area contributed by atoms with E-state index in [0.29, 0.717) is 11.0 Å². The number of benzene rings is 2. The molecule has 0 aliphatic rings. The number of imidazole rings is 1. The van der Waals surface area contributed by atoms with Gasteiger partial charge < -0.3 is 14.8 Å². The van der Waals surface area contributed by atoms with Crippen molar-refractivity contribution in [1.29, 1.82) is 5.26 Å². The van der Waals surface area contributed by atoms with Gasteiger partial charge in [-0.1, -0.05) is 23.7 Å². The van der Waals surface area contributed by atoms with Crippen molar-refractivity contribution in [3.05, 3.63) is 70.5 Å². The van der Waals surface area contributed by atoms with E-state index in [0.717, 1.165) is 12.1 Å². The number of nitriles is 1. The van der Waals surface area contributed by atoms with E-state index >= 15 is 0 Å². The third-order valence-corrected chi connectivity index (χ3v) is 3.75. The largest absolute Gasteiger partial charge is 0.507 e. The number of halogens is 2. The molecule has 0 aliphatic heterocycles. The predicted octanol–water partition coefficient (Wildman–Crippen LogP) is 4.01. The minimum absolute atomic E-state index is 0.135. The molecule has 0 spiro atoms. The minimum atomic E-state index is -1.02. The van der Waals surface area contributed by atoms with Crippen LogP contribution in [0.25, 0.3) is 16.6 Å². The van der Waals surface area contributed by atoms with E-state index in [1.165, 1.54) is 6.07 Å². The van der Waals surface area contributed by atoms with Crippen LogP contribution in [0.3, 0.4) is 0 Å². The van der Waals surface area contributed by atoms with Gasteiger partial charge in [0.2, 0.25) is 0 Å². The second kappa shape index (κ2) is 7.25. The summed E-state index contributed by atoms with van der Waals surface area (Å²) in [7, 11) is 0. The number of para-hydroxylation sites is 2. The van der Waals surface area contributed by atoms with Crippen molar-refractivity contribution in [2.24, 2.45) is 0 Å². The van der Waals surface area contributed by atoms with E-state index in [2.05, 4.69) is 9.97 Å². The van der Waals surface area contributed by atoms with Gasteiger partial charge in [-0.05, 0) is 30.3 Å². The van der Waals surface area contributed by atoms with Gasteiger partial charge in [-0.2, -0.15) is 5.26 Å². The molecule has 3 rings (SSSR count). The smallest absolute Gasteiger partial charge is 0.341 e. The number of aliphatic hydroxyl groups excluding tert-OH is 1.